The number of nitrogens with one attached hydrogen (secondary N) is 2. The van der Waals surface area contributed by atoms with Gasteiger partial charge in [-0.05, 0) is 25.1 Å². The van der Waals surface area contributed by atoms with Gasteiger partial charge in [-0.3, -0.25) is 9.63 Å². The summed E-state index contributed by atoms with van der Waals surface area (Å²) in [6.45, 7) is 5.72. The Hall–Kier alpha value is -4.84. The Morgan fingerprint density at radius 3 is 2.74 bits per heavy atom. The first kappa shape index (κ1) is 25.8. The average Bonchev–Trinajstić information content (AvgIpc) is 3.58. The lowest BCUT2D eigenvalue weighted by Gasteiger charge is -2.24. The van der Waals surface area contributed by atoms with Crippen molar-refractivity contribution in [3.63, 3.8) is 0 Å². The number of imidazole rings is 1. The number of benzene rings is 2. The van der Waals surface area contributed by atoms with E-state index in [1.165, 1.54) is 36.7 Å². The Balaban J connectivity index is 1.48. The third-order valence-electron chi connectivity index (χ3n) is 6.12. The molecule has 1 aliphatic rings. The Bertz CT molecular complexity index is 1540. The molecular formula is C27H25F2N7O3. The molecule has 0 bridgehead atoms. The van der Waals surface area contributed by atoms with Crippen LogP contribution in [0.4, 0.5) is 31.8 Å². The smallest absolute Gasteiger partial charge is 0.247 e. The number of methoxy groups -OCH3 is 1. The highest BCUT2D eigenvalue weighted by Crippen LogP contribution is 2.38. The van der Waals surface area contributed by atoms with Crippen molar-refractivity contribution in [3.8, 4) is 11.4 Å². The van der Waals surface area contributed by atoms with Crippen molar-refractivity contribution in [2.24, 2.45) is 0 Å². The number of rotatable bonds is 8. The van der Waals surface area contributed by atoms with E-state index in [0.717, 1.165) is 11.8 Å². The molecule has 5 rings (SSSR count). The molecule has 1 atom stereocenters. The predicted octanol–water partition coefficient (Wildman–Crippen LogP) is 5.01. The van der Waals surface area contributed by atoms with Gasteiger partial charge in [0.2, 0.25) is 5.91 Å². The van der Waals surface area contributed by atoms with Crippen molar-refractivity contribution in [2.75, 3.05) is 29.4 Å². The summed E-state index contributed by atoms with van der Waals surface area (Å²) in [5, 5.41) is 7.49. The molecule has 39 heavy (non-hydrogen) atoms. The van der Waals surface area contributed by atoms with Crippen molar-refractivity contribution in [1.29, 1.82) is 0 Å². The summed E-state index contributed by atoms with van der Waals surface area (Å²) >= 11 is 0. The highest BCUT2D eigenvalue weighted by Gasteiger charge is 2.31. The number of hydrogen-bond donors (Lipinski definition) is 2. The second kappa shape index (κ2) is 10.9. The van der Waals surface area contributed by atoms with Gasteiger partial charge < -0.3 is 19.9 Å². The normalized spacial score (nSPS) is 14.8. The minimum atomic E-state index is -0.657. The molecule has 0 saturated carbocycles. The molecule has 0 radical (unpaired) electrons. The fraction of sp³-hybridized carbons (Fsp3) is 0.185. The van der Waals surface area contributed by atoms with Gasteiger partial charge in [0.05, 0.1) is 48.8 Å². The number of nitrogens with zero attached hydrogens (tertiary/aromatic N) is 5. The molecule has 1 saturated heterocycles. The van der Waals surface area contributed by atoms with E-state index in [9.17, 15) is 13.6 Å². The number of carbonyl (C=O) groups excluding carboxylic acids is 1. The number of hydroxylamine groups is 1. The lowest BCUT2D eigenvalue weighted by atomic mass is 10.0. The standard InChI is InChI=1S/C27H25F2N7O3/c1-4-27(37)34-20-10-21(24(38-3)11-23(20)35-13-16(2)32-15-35)33-25-12-26(31-14-30-25)36-22(7-8-39-36)18-6-5-17(28)9-19(18)29/h4-6,9-15,22H,1,7-8H2,2-3H3,(H,34,37)(H,30,31,33). The van der Waals surface area contributed by atoms with Gasteiger partial charge in [0.1, 0.15) is 29.5 Å². The monoisotopic (exact) mass is 533 g/mol. The lowest BCUT2D eigenvalue weighted by molar-refractivity contribution is -0.111. The number of amides is 1. The Morgan fingerprint density at radius 2 is 2.03 bits per heavy atom. The average molecular weight is 534 g/mol. The van der Waals surface area contributed by atoms with Crippen LogP contribution in [-0.4, -0.2) is 39.1 Å². The Morgan fingerprint density at radius 1 is 1.18 bits per heavy atom. The van der Waals surface area contributed by atoms with Crippen LogP contribution in [0.3, 0.4) is 0 Å². The van der Waals surface area contributed by atoms with Crippen LogP contribution in [0.2, 0.25) is 0 Å². The molecule has 2 N–H and O–H groups in total. The van der Waals surface area contributed by atoms with Gasteiger partial charge in [-0.1, -0.05) is 12.6 Å². The summed E-state index contributed by atoms with van der Waals surface area (Å²) in [6, 6.07) is 8.06. The first-order valence-electron chi connectivity index (χ1n) is 12.0. The van der Waals surface area contributed by atoms with E-state index in [-0.39, 0.29) is 0 Å². The van der Waals surface area contributed by atoms with E-state index < -0.39 is 23.6 Å². The molecule has 1 amide bonds. The maximum absolute atomic E-state index is 14.5. The van der Waals surface area contributed by atoms with Gasteiger partial charge in [-0.15, -0.1) is 0 Å². The van der Waals surface area contributed by atoms with E-state index in [0.29, 0.717) is 53.0 Å². The van der Waals surface area contributed by atoms with Gasteiger partial charge in [0.15, 0.2) is 5.82 Å². The fourth-order valence-corrected chi connectivity index (χ4v) is 4.31. The first-order valence-corrected chi connectivity index (χ1v) is 12.0. The largest absolute Gasteiger partial charge is 0.494 e. The van der Waals surface area contributed by atoms with Crippen LogP contribution in [-0.2, 0) is 9.63 Å². The molecule has 1 fully saturated rings. The lowest BCUT2D eigenvalue weighted by Crippen LogP contribution is -2.23. The van der Waals surface area contributed by atoms with Crippen LogP contribution in [0.1, 0.15) is 23.7 Å². The minimum absolute atomic E-state index is 0.302. The van der Waals surface area contributed by atoms with Crippen LogP contribution >= 0.6 is 0 Å². The van der Waals surface area contributed by atoms with Gasteiger partial charge in [0, 0.05) is 36.4 Å². The van der Waals surface area contributed by atoms with Crippen molar-refractivity contribution < 1.29 is 23.1 Å². The van der Waals surface area contributed by atoms with Gasteiger partial charge in [-0.2, -0.15) is 0 Å². The third kappa shape index (κ3) is 5.41. The zero-order valence-electron chi connectivity index (χ0n) is 21.2. The van der Waals surface area contributed by atoms with Crippen molar-refractivity contribution in [1.82, 2.24) is 19.5 Å². The van der Waals surface area contributed by atoms with Gasteiger partial charge in [-0.25, -0.2) is 28.8 Å². The minimum Gasteiger partial charge on any atom is -0.494 e. The van der Waals surface area contributed by atoms with Crippen LogP contribution in [0.15, 0.2) is 67.9 Å². The molecule has 0 spiro atoms. The van der Waals surface area contributed by atoms with Crippen molar-refractivity contribution in [3.05, 3.63) is 90.8 Å². The van der Waals surface area contributed by atoms with E-state index in [2.05, 4.69) is 32.2 Å². The van der Waals surface area contributed by atoms with E-state index in [1.807, 2.05) is 13.1 Å². The number of hydrogen-bond acceptors (Lipinski definition) is 8. The second-order valence-corrected chi connectivity index (χ2v) is 8.70. The first-order chi connectivity index (χ1) is 18.9. The quantitative estimate of drug-likeness (QED) is 0.305. The van der Waals surface area contributed by atoms with Gasteiger partial charge >= 0.3 is 0 Å². The maximum atomic E-state index is 14.5. The third-order valence-corrected chi connectivity index (χ3v) is 6.12. The maximum Gasteiger partial charge on any atom is 0.247 e. The van der Waals surface area contributed by atoms with Gasteiger partial charge in [0.25, 0.3) is 0 Å². The predicted molar refractivity (Wildman–Crippen MR) is 141 cm³/mol. The Labute approximate surface area is 222 Å². The second-order valence-electron chi connectivity index (χ2n) is 8.70. The summed E-state index contributed by atoms with van der Waals surface area (Å²) in [5.74, 6) is -0.463. The molecule has 12 heteroatoms. The van der Waals surface area contributed by atoms with Crippen LogP contribution in [0, 0.1) is 18.6 Å². The fourth-order valence-electron chi connectivity index (χ4n) is 4.31. The summed E-state index contributed by atoms with van der Waals surface area (Å²) in [7, 11) is 1.52. The zero-order valence-corrected chi connectivity index (χ0v) is 21.2. The van der Waals surface area contributed by atoms with E-state index in [4.69, 9.17) is 9.57 Å². The summed E-state index contributed by atoms with van der Waals surface area (Å²) in [6.07, 6.45) is 6.46. The molecule has 10 nitrogen and oxygen atoms in total. The number of halogens is 2. The molecule has 3 heterocycles. The Kier molecular flexibility index (Phi) is 7.19. The summed E-state index contributed by atoms with van der Waals surface area (Å²) < 4.78 is 35.4. The highest BCUT2D eigenvalue weighted by atomic mass is 19.1. The van der Waals surface area contributed by atoms with E-state index in [1.54, 1.807) is 29.1 Å². The number of anilines is 4. The summed E-state index contributed by atoms with van der Waals surface area (Å²) in [5.41, 5.74) is 2.71. The SMILES string of the molecule is C=CC(=O)Nc1cc(Nc2cc(N3OCCC3c3ccc(F)cc3F)ncn2)c(OC)cc1-n1cnc(C)c1. The molecule has 1 unspecified atom stereocenters. The number of aryl methyl sites for hydroxylation is 1. The van der Waals surface area contributed by atoms with Crippen LogP contribution in [0.5, 0.6) is 5.75 Å². The molecule has 2 aromatic heterocycles. The van der Waals surface area contributed by atoms with E-state index >= 15 is 0 Å². The molecule has 200 valence electrons. The van der Waals surface area contributed by atoms with Crippen LogP contribution in [0.25, 0.3) is 5.69 Å². The number of ether oxygens (including phenoxy) is 1. The topological polar surface area (TPSA) is 106 Å². The molecule has 0 aliphatic carbocycles. The number of carbonyl (C=O) groups is 1. The van der Waals surface area contributed by atoms with Crippen molar-refractivity contribution in [2.45, 2.75) is 19.4 Å². The number of aromatic nitrogens is 4. The summed E-state index contributed by atoms with van der Waals surface area (Å²) in [4.78, 5) is 30.8. The van der Waals surface area contributed by atoms with Crippen molar-refractivity contribution >= 4 is 28.9 Å². The molecular weight excluding hydrogens is 508 g/mol. The highest BCUT2D eigenvalue weighted by molar-refractivity contribution is 6.01. The molecule has 1 aliphatic heterocycles. The molecule has 2 aromatic carbocycles. The molecule has 4 aromatic rings. The zero-order chi connectivity index (χ0) is 27.5. The van der Waals surface area contributed by atoms with Crippen LogP contribution < -0.4 is 20.4 Å².